The van der Waals surface area contributed by atoms with Crippen LogP contribution >= 0.6 is 0 Å². The molecule has 0 spiro atoms. The molecule has 2 aliphatic carbocycles. The molecule has 0 radical (unpaired) electrons. The Kier molecular flexibility index (Phi) is 2.98. The predicted molar refractivity (Wildman–Crippen MR) is 70.8 cm³/mol. The van der Waals surface area contributed by atoms with Crippen LogP contribution in [0.1, 0.15) is 53.6 Å². The van der Waals surface area contributed by atoms with Crippen LogP contribution in [0.2, 0.25) is 0 Å². The van der Waals surface area contributed by atoms with E-state index >= 15 is 0 Å². The van der Waals surface area contributed by atoms with E-state index in [0.717, 1.165) is 37.7 Å². The first-order chi connectivity index (χ1) is 8.75. The highest BCUT2D eigenvalue weighted by atomic mass is 16.3. The summed E-state index contributed by atoms with van der Waals surface area (Å²) in [5.41, 5.74) is 3.11. The van der Waals surface area contributed by atoms with E-state index in [9.17, 15) is 9.90 Å². The van der Waals surface area contributed by atoms with Crippen molar-refractivity contribution in [1.82, 2.24) is 0 Å². The molecule has 0 aromatic heterocycles. The van der Waals surface area contributed by atoms with Crippen LogP contribution in [0.25, 0.3) is 0 Å². The summed E-state index contributed by atoms with van der Waals surface area (Å²) < 4.78 is 0. The fourth-order valence-corrected chi connectivity index (χ4v) is 3.24. The molecule has 0 unspecified atom stereocenters. The van der Waals surface area contributed by atoms with Crippen molar-refractivity contribution in [2.75, 3.05) is 6.61 Å². The van der Waals surface area contributed by atoms with Gasteiger partial charge in [0, 0.05) is 5.56 Å². The Morgan fingerprint density at radius 1 is 1.11 bits per heavy atom. The lowest BCUT2D eigenvalue weighted by Crippen LogP contribution is -2.41. The van der Waals surface area contributed by atoms with E-state index in [1.807, 2.05) is 6.07 Å². The van der Waals surface area contributed by atoms with Crippen molar-refractivity contribution in [2.24, 2.45) is 5.41 Å². The van der Waals surface area contributed by atoms with Crippen LogP contribution in [0.15, 0.2) is 18.2 Å². The number of Topliss-reactive ketones (excluding diaryl/α,β-unsaturated/α-hetero) is 1. The van der Waals surface area contributed by atoms with Crippen molar-refractivity contribution >= 4 is 5.78 Å². The topological polar surface area (TPSA) is 37.3 Å². The van der Waals surface area contributed by atoms with Crippen LogP contribution in [-0.4, -0.2) is 17.5 Å². The minimum Gasteiger partial charge on any atom is -0.395 e. The fourth-order valence-electron chi connectivity index (χ4n) is 3.24. The summed E-state index contributed by atoms with van der Waals surface area (Å²) in [4.78, 5) is 12.5. The minimum absolute atomic E-state index is 0.00289. The van der Waals surface area contributed by atoms with Gasteiger partial charge in [-0.15, -0.1) is 0 Å². The molecule has 0 bridgehead atoms. The largest absolute Gasteiger partial charge is 0.395 e. The number of fused-ring (bicyclic) bond motifs is 1. The lowest BCUT2D eigenvalue weighted by molar-refractivity contribution is 0.0348. The molecule has 2 heteroatoms. The number of hydrogen-bond donors (Lipinski definition) is 1. The number of rotatable bonds is 3. The molecule has 1 aromatic carbocycles. The number of aryl methyl sites for hydroxylation is 2. The highest BCUT2D eigenvalue weighted by molar-refractivity contribution is 6.01. The molecule has 96 valence electrons. The molecule has 18 heavy (non-hydrogen) atoms. The van der Waals surface area contributed by atoms with Gasteiger partial charge in [-0.3, -0.25) is 4.79 Å². The van der Waals surface area contributed by atoms with Gasteiger partial charge in [-0.05, 0) is 55.7 Å². The van der Waals surface area contributed by atoms with Gasteiger partial charge in [0.25, 0.3) is 0 Å². The average Bonchev–Trinajstić information content (AvgIpc) is 2.37. The van der Waals surface area contributed by atoms with Crippen molar-refractivity contribution < 1.29 is 9.90 Å². The molecule has 1 N–H and O–H groups in total. The van der Waals surface area contributed by atoms with E-state index in [0.29, 0.717) is 0 Å². The van der Waals surface area contributed by atoms with Gasteiger partial charge in [0.2, 0.25) is 0 Å². The van der Waals surface area contributed by atoms with Gasteiger partial charge in [0.05, 0.1) is 12.0 Å². The molecule has 1 fully saturated rings. The Hall–Kier alpha value is -1.15. The van der Waals surface area contributed by atoms with Crippen LogP contribution in [0.4, 0.5) is 0 Å². The van der Waals surface area contributed by atoms with Crippen molar-refractivity contribution in [2.45, 2.75) is 44.9 Å². The van der Waals surface area contributed by atoms with Gasteiger partial charge in [0.1, 0.15) is 0 Å². The zero-order chi connectivity index (χ0) is 12.6. The molecular formula is C16H20O2. The third-order valence-corrected chi connectivity index (χ3v) is 4.71. The standard InChI is InChI=1S/C16H20O2/c17-11-16(8-3-9-16)15(18)14-7-6-12-4-1-2-5-13(12)10-14/h6-7,10,17H,1-5,8-9,11H2. The van der Waals surface area contributed by atoms with E-state index in [1.54, 1.807) is 0 Å². The highest BCUT2D eigenvalue weighted by Gasteiger charge is 2.43. The van der Waals surface area contributed by atoms with Crippen LogP contribution in [0.5, 0.6) is 0 Å². The molecule has 0 saturated heterocycles. The van der Waals surface area contributed by atoms with E-state index < -0.39 is 5.41 Å². The first-order valence-electron chi connectivity index (χ1n) is 7.03. The molecule has 1 aromatic rings. The summed E-state index contributed by atoms with van der Waals surface area (Å²) in [6.07, 6.45) is 7.50. The van der Waals surface area contributed by atoms with Crippen LogP contribution in [0, 0.1) is 5.41 Å². The molecular weight excluding hydrogens is 224 g/mol. The van der Waals surface area contributed by atoms with E-state index in [2.05, 4.69) is 12.1 Å². The Bertz CT molecular complexity index is 466. The van der Waals surface area contributed by atoms with Crippen LogP contribution in [0.3, 0.4) is 0 Å². The zero-order valence-electron chi connectivity index (χ0n) is 10.7. The number of aliphatic hydroxyl groups is 1. The van der Waals surface area contributed by atoms with Gasteiger partial charge in [-0.2, -0.15) is 0 Å². The Balaban J connectivity index is 1.90. The third-order valence-electron chi connectivity index (χ3n) is 4.71. The van der Waals surface area contributed by atoms with E-state index in [-0.39, 0.29) is 12.4 Å². The Morgan fingerprint density at radius 3 is 2.44 bits per heavy atom. The van der Waals surface area contributed by atoms with Gasteiger partial charge in [0.15, 0.2) is 5.78 Å². The minimum atomic E-state index is -0.455. The number of carbonyl (C=O) groups excluding carboxylic acids is 1. The number of ketones is 1. The molecule has 0 atom stereocenters. The van der Waals surface area contributed by atoms with Crippen molar-refractivity contribution in [3.8, 4) is 0 Å². The molecule has 3 rings (SSSR count). The maximum Gasteiger partial charge on any atom is 0.171 e. The SMILES string of the molecule is O=C(c1ccc2c(c1)CCCC2)C1(CO)CCC1. The monoisotopic (exact) mass is 244 g/mol. The molecule has 0 amide bonds. The number of aliphatic hydroxyl groups excluding tert-OH is 1. The normalized spacial score (nSPS) is 20.9. The summed E-state index contributed by atoms with van der Waals surface area (Å²) in [5, 5.41) is 9.49. The lowest BCUT2D eigenvalue weighted by Gasteiger charge is -2.38. The zero-order valence-corrected chi connectivity index (χ0v) is 10.7. The predicted octanol–water partition coefficient (Wildman–Crippen LogP) is 2.91. The maximum atomic E-state index is 12.5. The number of benzene rings is 1. The van der Waals surface area contributed by atoms with Crippen molar-refractivity contribution in [3.05, 3.63) is 34.9 Å². The van der Waals surface area contributed by atoms with Crippen molar-refractivity contribution in [1.29, 1.82) is 0 Å². The summed E-state index contributed by atoms with van der Waals surface area (Å²) >= 11 is 0. The second-order valence-electron chi connectivity index (χ2n) is 5.81. The highest BCUT2D eigenvalue weighted by Crippen LogP contribution is 2.43. The Labute approximate surface area is 108 Å². The third kappa shape index (κ3) is 1.79. The lowest BCUT2D eigenvalue weighted by atomic mass is 9.65. The summed E-state index contributed by atoms with van der Waals surface area (Å²) in [7, 11) is 0. The van der Waals surface area contributed by atoms with Gasteiger partial charge in [-0.1, -0.05) is 18.6 Å². The van der Waals surface area contributed by atoms with E-state index in [1.165, 1.54) is 24.0 Å². The Morgan fingerprint density at radius 2 is 1.83 bits per heavy atom. The summed E-state index contributed by atoms with van der Waals surface area (Å²) in [6.45, 7) is 0.00289. The number of hydrogen-bond acceptors (Lipinski definition) is 2. The van der Waals surface area contributed by atoms with Gasteiger partial charge < -0.3 is 5.11 Å². The molecule has 0 aliphatic heterocycles. The average molecular weight is 244 g/mol. The second kappa shape index (κ2) is 4.51. The second-order valence-corrected chi connectivity index (χ2v) is 5.81. The maximum absolute atomic E-state index is 12.5. The molecule has 0 heterocycles. The first-order valence-corrected chi connectivity index (χ1v) is 7.03. The first kappa shape index (κ1) is 11.9. The van der Waals surface area contributed by atoms with Gasteiger partial charge in [-0.25, -0.2) is 0 Å². The van der Waals surface area contributed by atoms with E-state index in [4.69, 9.17) is 0 Å². The number of carbonyl (C=O) groups is 1. The fraction of sp³-hybridized carbons (Fsp3) is 0.562. The van der Waals surface area contributed by atoms with Crippen molar-refractivity contribution in [3.63, 3.8) is 0 Å². The summed E-state index contributed by atoms with van der Waals surface area (Å²) in [5.74, 6) is 0.157. The smallest absolute Gasteiger partial charge is 0.171 e. The van der Waals surface area contributed by atoms with Crippen LogP contribution < -0.4 is 0 Å². The molecule has 2 nitrogen and oxygen atoms in total. The summed E-state index contributed by atoms with van der Waals surface area (Å²) in [6, 6.07) is 6.15. The van der Waals surface area contributed by atoms with Gasteiger partial charge >= 0.3 is 0 Å². The van der Waals surface area contributed by atoms with Crippen LogP contribution in [-0.2, 0) is 12.8 Å². The molecule has 2 aliphatic rings. The molecule has 1 saturated carbocycles. The quantitative estimate of drug-likeness (QED) is 0.830.